The molecule has 0 amide bonds. The van der Waals surface area contributed by atoms with Gasteiger partial charge in [0.25, 0.3) is 5.56 Å². The van der Waals surface area contributed by atoms with Crippen LogP contribution >= 0.6 is 22.9 Å². The first-order chi connectivity index (χ1) is 16.5. The number of fused-ring (bicyclic) bond motifs is 1. The second-order valence-corrected chi connectivity index (χ2v) is 9.13. The largest absolute Gasteiger partial charge is 0.463 e. The molecule has 1 aromatic carbocycles. The van der Waals surface area contributed by atoms with Crippen molar-refractivity contribution < 1.29 is 27.1 Å². The molecule has 35 heavy (non-hydrogen) atoms. The van der Waals surface area contributed by atoms with Gasteiger partial charge in [-0.25, -0.2) is 9.79 Å². The van der Waals surface area contributed by atoms with Gasteiger partial charge in [0.2, 0.25) is 0 Å². The van der Waals surface area contributed by atoms with E-state index in [0.717, 1.165) is 15.9 Å². The number of furan rings is 1. The van der Waals surface area contributed by atoms with E-state index in [-0.39, 0.29) is 21.5 Å². The number of ether oxygens (including phenoxy) is 1. The number of carbonyl (C=O) groups excluding carboxylic acids is 1. The maximum absolute atomic E-state index is 14.1. The van der Waals surface area contributed by atoms with Crippen LogP contribution in [0, 0.1) is 0 Å². The van der Waals surface area contributed by atoms with Gasteiger partial charge in [0, 0.05) is 31.3 Å². The van der Waals surface area contributed by atoms with Crippen LogP contribution in [0.3, 0.4) is 0 Å². The number of anilines is 1. The maximum Gasteiger partial charge on any atom is 0.434 e. The lowest BCUT2D eigenvalue weighted by Gasteiger charge is -2.26. The van der Waals surface area contributed by atoms with Crippen molar-refractivity contribution in [2.24, 2.45) is 4.99 Å². The van der Waals surface area contributed by atoms with Gasteiger partial charge in [0.15, 0.2) is 16.4 Å². The molecule has 0 unspecified atom stereocenters. The summed E-state index contributed by atoms with van der Waals surface area (Å²) in [6.07, 6.45) is -3.54. The monoisotopic (exact) mass is 525 g/mol. The Hall–Kier alpha value is -3.31. The van der Waals surface area contributed by atoms with Crippen molar-refractivity contribution in [3.05, 3.63) is 83.7 Å². The number of aromatic nitrogens is 1. The molecular formula is C23H19ClF3N3O4S. The number of thiazole rings is 1. The zero-order valence-corrected chi connectivity index (χ0v) is 20.3. The number of esters is 1. The van der Waals surface area contributed by atoms with Gasteiger partial charge < -0.3 is 14.1 Å². The fraction of sp³-hybridized carbons (Fsp3) is 0.261. The Morgan fingerprint density at radius 2 is 1.94 bits per heavy atom. The molecule has 4 rings (SSSR count). The quantitative estimate of drug-likeness (QED) is 0.475. The molecule has 0 radical (unpaired) electrons. The Balaban J connectivity index is 2.01. The number of halogens is 4. The summed E-state index contributed by atoms with van der Waals surface area (Å²) in [5.74, 6) is -0.339. The van der Waals surface area contributed by atoms with Gasteiger partial charge in [0.1, 0.15) is 5.76 Å². The van der Waals surface area contributed by atoms with Crippen LogP contribution in [0.15, 0.2) is 61.9 Å². The van der Waals surface area contributed by atoms with E-state index in [0.29, 0.717) is 16.7 Å². The van der Waals surface area contributed by atoms with E-state index in [2.05, 4.69) is 4.99 Å². The number of rotatable bonds is 5. The van der Waals surface area contributed by atoms with Crippen molar-refractivity contribution in [3.8, 4) is 0 Å². The summed E-state index contributed by atoms with van der Waals surface area (Å²) < 4.78 is 54.0. The number of nitrogens with zero attached hydrogens (tertiary/aromatic N) is 3. The second kappa shape index (κ2) is 9.38. The minimum atomic E-state index is -4.97. The lowest BCUT2D eigenvalue weighted by Crippen LogP contribution is -2.41. The third kappa shape index (κ3) is 4.78. The van der Waals surface area contributed by atoms with E-state index >= 15 is 0 Å². The van der Waals surface area contributed by atoms with Gasteiger partial charge in [0.05, 0.1) is 22.8 Å². The highest BCUT2D eigenvalue weighted by molar-refractivity contribution is 7.07. The summed E-state index contributed by atoms with van der Waals surface area (Å²) in [5, 5.41) is 0.341. The lowest BCUT2D eigenvalue weighted by molar-refractivity contribution is -0.140. The van der Waals surface area contributed by atoms with Crippen molar-refractivity contribution in [1.29, 1.82) is 0 Å². The molecule has 0 spiro atoms. The summed E-state index contributed by atoms with van der Waals surface area (Å²) in [6.45, 7) is 1.32. The molecule has 3 aromatic rings. The summed E-state index contributed by atoms with van der Waals surface area (Å²) >= 11 is 6.73. The molecule has 3 heterocycles. The van der Waals surface area contributed by atoms with Crippen LogP contribution in [-0.4, -0.2) is 37.4 Å². The summed E-state index contributed by atoms with van der Waals surface area (Å²) in [5.41, 5.74) is -2.56. The predicted octanol–water partition coefficient (Wildman–Crippen LogP) is 3.65. The number of alkyl halides is 3. The zero-order chi connectivity index (χ0) is 25.5. The molecule has 0 aliphatic carbocycles. The number of carbonyl (C=O) groups is 1. The van der Waals surface area contributed by atoms with Gasteiger partial charge in [-0.05, 0) is 30.7 Å². The number of hydrogen-bond donors (Lipinski definition) is 0. The highest BCUT2D eigenvalue weighted by Crippen LogP contribution is 2.38. The van der Waals surface area contributed by atoms with Crippen LogP contribution < -0.4 is 19.8 Å². The van der Waals surface area contributed by atoms with Gasteiger partial charge >= 0.3 is 12.1 Å². The topological polar surface area (TPSA) is 77.0 Å². The third-order valence-corrected chi connectivity index (χ3v) is 6.34. The van der Waals surface area contributed by atoms with E-state index in [1.165, 1.54) is 37.3 Å². The molecule has 1 aliphatic rings. The van der Waals surface area contributed by atoms with Crippen LogP contribution in [0.5, 0.6) is 0 Å². The fourth-order valence-electron chi connectivity index (χ4n) is 3.59. The van der Waals surface area contributed by atoms with E-state index < -0.39 is 35.0 Å². The molecular weight excluding hydrogens is 507 g/mol. The normalized spacial score (nSPS) is 16.2. The highest BCUT2D eigenvalue weighted by atomic mass is 35.5. The minimum absolute atomic E-state index is 0.0917. The molecule has 2 aromatic heterocycles. The molecule has 0 saturated heterocycles. The zero-order valence-electron chi connectivity index (χ0n) is 18.7. The number of hydrogen-bond acceptors (Lipinski definition) is 7. The van der Waals surface area contributed by atoms with E-state index in [1.807, 2.05) is 0 Å². The van der Waals surface area contributed by atoms with Crippen molar-refractivity contribution >= 4 is 40.9 Å². The number of benzene rings is 1. The predicted molar refractivity (Wildman–Crippen MR) is 125 cm³/mol. The highest BCUT2D eigenvalue weighted by Gasteiger charge is 2.45. The molecule has 0 bridgehead atoms. The summed E-state index contributed by atoms with van der Waals surface area (Å²) in [6, 6.07) is 7.76. The average molecular weight is 526 g/mol. The molecule has 0 saturated carbocycles. The van der Waals surface area contributed by atoms with E-state index in [1.54, 1.807) is 31.1 Å². The molecule has 1 atom stereocenters. The van der Waals surface area contributed by atoms with Crippen LogP contribution in [0.1, 0.15) is 24.3 Å². The van der Waals surface area contributed by atoms with E-state index in [4.69, 9.17) is 20.8 Å². The lowest BCUT2D eigenvalue weighted by atomic mass is 9.95. The summed E-state index contributed by atoms with van der Waals surface area (Å²) in [7, 11) is 3.55. The fourth-order valence-corrected chi connectivity index (χ4v) is 4.70. The van der Waals surface area contributed by atoms with Crippen LogP contribution in [0.4, 0.5) is 19.1 Å². The van der Waals surface area contributed by atoms with Crippen molar-refractivity contribution in [3.63, 3.8) is 0 Å². The first-order valence-electron chi connectivity index (χ1n) is 10.3. The van der Waals surface area contributed by atoms with Gasteiger partial charge in [-0.2, -0.15) is 13.2 Å². The first kappa shape index (κ1) is 24.8. The van der Waals surface area contributed by atoms with Gasteiger partial charge in [-0.3, -0.25) is 9.36 Å². The maximum atomic E-state index is 14.1. The number of allylic oxidation sites excluding steroid dienone is 1. The molecule has 0 N–H and O–H groups in total. The standard InChI is InChI=1S/C23H19ClF3N3O4S/c1-4-33-21(32)17-18(12-5-7-13(24)8-6-12)30-20(31)15(11-14-9-10-16(34-14)29(2)3)35-22(30)28-19(17)23(25,26)27/h5-11,18H,4H2,1-3H3/b15-11-/t18-/m0/s1. The van der Waals surface area contributed by atoms with Gasteiger partial charge in [-0.1, -0.05) is 35.1 Å². The van der Waals surface area contributed by atoms with Crippen molar-refractivity contribution in [2.45, 2.75) is 19.1 Å². The SMILES string of the molecule is CCOC(=O)C1=C(C(F)(F)F)N=c2s/c(=C\c3ccc(N(C)C)o3)c(=O)n2[C@H]1c1ccc(Cl)cc1. The van der Waals surface area contributed by atoms with Crippen LogP contribution in [0.2, 0.25) is 5.02 Å². The van der Waals surface area contributed by atoms with Gasteiger partial charge in [-0.15, -0.1) is 0 Å². The Bertz CT molecular complexity index is 1480. The Morgan fingerprint density at radius 3 is 2.51 bits per heavy atom. The second-order valence-electron chi connectivity index (χ2n) is 7.69. The Labute approximate surface area is 206 Å². The molecule has 184 valence electrons. The smallest absolute Gasteiger partial charge is 0.434 e. The average Bonchev–Trinajstić information content (AvgIpc) is 3.38. The van der Waals surface area contributed by atoms with Crippen molar-refractivity contribution in [2.75, 3.05) is 25.6 Å². The molecule has 12 heteroatoms. The molecule has 7 nitrogen and oxygen atoms in total. The Morgan fingerprint density at radius 1 is 1.26 bits per heavy atom. The van der Waals surface area contributed by atoms with E-state index in [9.17, 15) is 22.8 Å². The van der Waals surface area contributed by atoms with Crippen LogP contribution in [0.25, 0.3) is 6.08 Å². The first-order valence-corrected chi connectivity index (χ1v) is 11.5. The van der Waals surface area contributed by atoms with Crippen molar-refractivity contribution in [1.82, 2.24) is 4.57 Å². The third-order valence-electron chi connectivity index (χ3n) is 5.11. The molecule has 0 fully saturated rings. The molecule has 1 aliphatic heterocycles. The summed E-state index contributed by atoms with van der Waals surface area (Å²) in [4.78, 5) is 31.4. The minimum Gasteiger partial charge on any atom is -0.463 e. The Kier molecular flexibility index (Phi) is 6.65. The van der Waals surface area contributed by atoms with Crippen LogP contribution in [-0.2, 0) is 9.53 Å².